The fraction of sp³-hybridized carbons (Fsp3) is 0.290. The highest BCUT2D eigenvalue weighted by atomic mass is 32.2. The number of aliphatic hydroxyl groups is 1. The maximum absolute atomic E-state index is 13.3. The van der Waals surface area contributed by atoms with Crippen molar-refractivity contribution in [2.75, 3.05) is 18.0 Å². The zero-order chi connectivity index (χ0) is 37.0. The molecular weight excluding hydrogens is 711 g/mol. The summed E-state index contributed by atoms with van der Waals surface area (Å²) < 4.78 is 0. The summed E-state index contributed by atoms with van der Waals surface area (Å²) in [5, 5.41) is 39.0. The van der Waals surface area contributed by atoms with E-state index >= 15 is 0 Å². The highest BCUT2D eigenvalue weighted by Crippen LogP contribution is 2.40. The molecule has 0 spiro atoms. The number of hydrogen-bond acceptors (Lipinski definition) is 15. The summed E-state index contributed by atoms with van der Waals surface area (Å²) in [5.41, 5.74) is 6.44. The molecule has 268 valence electrons. The third kappa shape index (κ3) is 8.03. The van der Waals surface area contributed by atoms with Gasteiger partial charge in [0.1, 0.15) is 22.8 Å². The number of β-lactam (4-membered cyclic amide) rings is 1. The molecule has 18 nitrogen and oxygen atoms in total. The first-order chi connectivity index (χ1) is 24.2. The van der Waals surface area contributed by atoms with Gasteiger partial charge in [0.05, 0.1) is 12.3 Å². The molecule has 2 atom stereocenters. The molecule has 0 bridgehead atoms. The summed E-state index contributed by atoms with van der Waals surface area (Å²) in [7, 11) is 0. The lowest BCUT2D eigenvalue weighted by Crippen LogP contribution is -2.71. The average Bonchev–Trinajstić information content (AvgIpc) is 3.53. The van der Waals surface area contributed by atoms with Crippen LogP contribution >= 0.6 is 23.1 Å². The number of carbonyl (C=O) groups is 6. The first kappa shape index (κ1) is 36.5. The number of carbonyl (C=O) groups excluding carboxylic acids is 4. The lowest BCUT2D eigenvalue weighted by atomic mass is 9.99. The Morgan fingerprint density at radius 3 is 2.53 bits per heavy atom. The Hall–Kier alpha value is -5.73. The van der Waals surface area contributed by atoms with E-state index in [4.69, 9.17) is 15.4 Å². The monoisotopic (exact) mass is 741 g/mol. The second-order valence-electron chi connectivity index (χ2n) is 11.6. The van der Waals surface area contributed by atoms with Crippen LogP contribution in [0.25, 0.3) is 0 Å². The van der Waals surface area contributed by atoms with Crippen LogP contribution in [0.1, 0.15) is 31.5 Å². The molecule has 1 fully saturated rings. The molecule has 1 aromatic heterocycles. The number of rotatable bonds is 14. The molecule has 0 radical (unpaired) electrons. The topological polar surface area (TPSA) is 272 Å². The summed E-state index contributed by atoms with van der Waals surface area (Å²) in [6.45, 7) is 2.23. The first-order valence-electron chi connectivity index (χ1n) is 15.0. The van der Waals surface area contributed by atoms with Crippen molar-refractivity contribution in [3.8, 4) is 0 Å². The van der Waals surface area contributed by atoms with Crippen molar-refractivity contribution in [1.82, 2.24) is 26.0 Å². The van der Waals surface area contributed by atoms with Crippen LogP contribution in [0.5, 0.6) is 0 Å². The third-order valence-electron chi connectivity index (χ3n) is 7.62. The van der Waals surface area contributed by atoms with E-state index in [-0.39, 0.29) is 58.7 Å². The molecule has 5 rings (SSSR count). The number of fused-ring (bicyclic) bond motifs is 1. The molecule has 3 amide bonds. The normalized spacial score (nSPS) is 19.1. The molecule has 51 heavy (non-hydrogen) atoms. The second-order valence-corrected chi connectivity index (χ2v) is 13.6. The van der Waals surface area contributed by atoms with Crippen LogP contribution in [0.3, 0.4) is 0 Å². The number of aromatic nitrogens is 1. The molecule has 0 saturated carbocycles. The number of nitrogen functional groups attached to an aromatic ring is 1. The maximum Gasteiger partial charge on any atom is 0.352 e. The first-order valence-corrected chi connectivity index (χ1v) is 16.9. The van der Waals surface area contributed by atoms with Crippen molar-refractivity contribution in [3.63, 3.8) is 0 Å². The van der Waals surface area contributed by atoms with Crippen molar-refractivity contribution < 1.29 is 53.8 Å². The van der Waals surface area contributed by atoms with E-state index in [2.05, 4.69) is 26.3 Å². The van der Waals surface area contributed by atoms with Crippen molar-refractivity contribution in [2.24, 2.45) is 5.16 Å². The fourth-order valence-electron chi connectivity index (χ4n) is 4.84. The Bertz CT molecular complexity index is 1920. The summed E-state index contributed by atoms with van der Waals surface area (Å²) >= 11 is 2.10. The van der Waals surface area contributed by atoms with Gasteiger partial charge < -0.3 is 36.5 Å². The Morgan fingerprint density at radius 1 is 1.16 bits per heavy atom. The number of ketones is 1. The number of thiazole rings is 1. The Labute approximate surface area is 297 Å². The number of aliphatic hydroxyl groups excluding tert-OH is 1. The molecule has 3 heterocycles. The fourth-order valence-corrected chi connectivity index (χ4v) is 6.73. The highest BCUT2D eigenvalue weighted by molar-refractivity contribution is 8.00. The number of oxime groups is 1. The molecule has 1 aromatic carbocycles. The number of hydrogen-bond donors (Lipinski definition) is 7. The lowest BCUT2D eigenvalue weighted by Gasteiger charge is -2.49. The van der Waals surface area contributed by atoms with Crippen LogP contribution in [0, 0.1) is 0 Å². The van der Waals surface area contributed by atoms with E-state index in [0.29, 0.717) is 0 Å². The van der Waals surface area contributed by atoms with Crippen LogP contribution in [-0.4, -0.2) is 95.7 Å². The smallest absolute Gasteiger partial charge is 0.352 e. The summed E-state index contributed by atoms with van der Waals surface area (Å²) in [6.07, 6.45) is 0.770. The molecule has 1 saturated heterocycles. The van der Waals surface area contributed by atoms with Crippen molar-refractivity contribution in [3.05, 3.63) is 81.3 Å². The van der Waals surface area contributed by atoms with Gasteiger partial charge in [-0.2, -0.15) is 0 Å². The molecule has 20 heteroatoms. The van der Waals surface area contributed by atoms with Crippen LogP contribution in [-0.2, 0) is 45.0 Å². The van der Waals surface area contributed by atoms with Gasteiger partial charge in [-0.25, -0.2) is 14.6 Å². The van der Waals surface area contributed by atoms with Gasteiger partial charge in [-0.1, -0.05) is 35.5 Å². The number of amides is 3. The molecule has 2 aliphatic heterocycles. The van der Waals surface area contributed by atoms with Gasteiger partial charge in [0, 0.05) is 29.7 Å². The second kappa shape index (κ2) is 15.0. The van der Waals surface area contributed by atoms with Gasteiger partial charge in [-0.3, -0.25) is 34.4 Å². The molecule has 2 aromatic rings. The molecular formula is C31H31N7O11S2. The Balaban J connectivity index is 1.23. The number of carboxylic acid groups (broad SMARTS) is 2. The number of allylic oxidation sites excluding steroid dienone is 2. The molecule has 1 aliphatic carbocycles. The zero-order valence-electron chi connectivity index (χ0n) is 26.9. The predicted molar refractivity (Wildman–Crippen MR) is 180 cm³/mol. The quantitative estimate of drug-likeness (QED) is 0.0792. The van der Waals surface area contributed by atoms with Crippen molar-refractivity contribution in [2.45, 2.75) is 43.9 Å². The molecule has 8 N–H and O–H groups in total. The number of nitrogens with one attached hydrogen (secondary N) is 3. The standard InChI is InChI=1S/C31H31N7O11S2/c1-31(2,29(46)47)49-37-20(18-13-51-30(32)34-18)25(42)35-21-26(43)38-22(28(44)45)16(12-50-27(21)38)10-33-24(41)15-8-17(23(40)19(39)9-15)36-48-11-14-6-4-3-5-7-14/h3-7,9,13,21,27,36,40H,8,10-12H2,1-2H3,(H2,32,34)(H,33,41)(H,35,42)(H,44,45)(H,46,47)/b37-20-/t21?,27-/m0/s1. The number of aliphatic carboxylic acids is 2. The van der Waals surface area contributed by atoms with E-state index in [0.717, 1.165) is 39.6 Å². The lowest BCUT2D eigenvalue weighted by molar-refractivity contribution is -0.161. The van der Waals surface area contributed by atoms with Crippen molar-refractivity contribution in [1.29, 1.82) is 0 Å². The zero-order valence-corrected chi connectivity index (χ0v) is 28.5. The maximum atomic E-state index is 13.3. The Kier molecular flexibility index (Phi) is 10.8. The van der Waals surface area contributed by atoms with Crippen LogP contribution in [0.2, 0.25) is 0 Å². The number of anilines is 1. The van der Waals surface area contributed by atoms with E-state index in [9.17, 15) is 44.1 Å². The van der Waals surface area contributed by atoms with Crippen LogP contribution in [0.4, 0.5) is 5.13 Å². The van der Waals surface area contributed by atoms with Crippen molar-refractivity contribution >= 4 is 69.4 Å². The Morgan fingerprint density at radius 2 is 1.88 bits per heavy atom. The summed E-state index contributed by atoms with van der Waals surface area (Å²) in [5.74, 6) is -6.65. The average molecular weight is 742 g/mol. The van der Waals surface area contributed by atoms with Crippen LogP contribution in [0.15, 0.2) is 75.2 Å². The van der Waals surface area contributed by atoms with Gasteiger partial charge in [-0.05, 0) is 31.1 Å². The number of nitrogens with zero attached hydrogens (tertiary/aromatic N) is 3. The third-order valence-corrected chi connectivity index (χ3v) is 9.63. The number of thioether (sulfide) groups is 1. The van der Waals surface area contributed by atoms with Gasteiger partial charge in [-0.15, -0.1) is 23.1 Å². The summed E-state index contributed by atoms with van der Waals surface area (Å²) in [4.78, 5) is 91.3. The number of carboxylic acids is 2. The summed E-state index contributed by atoms with van der Waals surface area (Å²) in [6, 6.07) is 7.88. The molecule has 1 unspecified atom stereocenters. The predicted octanol–water partition coefficient (Wildman–Crippen LogP) is 0.554. The number of hydroxylamine groups is 1. The van der Waals surface area contributed by atoms with E-state index in [1.807, 2.05) is 30.3 Å². The molecule has 3 aliphatic rings. The van der Waals surface area contributed by atoms with Gasteiger partial charge >= 0.3 is 11.9 Å². The van der Waals surface area contributed by atoms with Crippen LogP contribution < -0.4 is 21.8 Å². The minimum atomic E-state index is -1.82. The minimum absolute atomic E-state index is 0.0275. The van der Waals surface area contributed by atoms with E-state index < -0.39 is 63.9 Å². The number of nitrogens with two attached hydrogens (primary N) is 1. The largest absolute Gasteiger partial charge is 0.503 e. The highest BCUT2D eigenvalue weighted by Gasteiger charge is 2.54. The SMILES string of the molecule is CC(C)(O/N=C(\C(=O)NC1C(=O)N2C(C(=O)O)=C(CNC(=O)C3=CC(=O)C(O)=C(NOCc4ccccc4)C3)CS[C@@H]12)c1csc(N)n1)C(=O)O. The van der Waals surface area contributed by atoms with E-state index in [1.54, 1.807) is 0 Å². The van der Waals surface area contributed by atoms with E-state index in [1.165, 1.54) is 19.2 Å². The minimum Gasteiger partial charge on any atom is -0.503 e. The van der Waals surface area contributed by atoms with Gasteiger partial charge in [0.25, 0.3) is 11.8 Å². The van der Waals surface area contributed by atoms with Gasteiger partial charge in [0.2, 0.25) is 17.3 Å². The van der Waals surface area contributed by atoms with Gasteiger partial charge in [0.15, 0.2) is 16.6 Å². The number of benzene rings is 1.